The van der Waals surface area contributed by atoms with E-state index in [0.29, 0.717) is 51.2 Å². The van der Waals surface area contributed by atoms with Crippen LogP contribution in [0.15, 0.2) is 60.2 Å². The van der Waals surface area contributed by atoms with E-state index in [1.807, 2.05) is 27.7 Å². The zero-order valence-corrected chi connectivity index (χ0v) is 37.8. The van der Waals surface area contributed by atoms with Gasteiger partial charge < -0.3 is 47.4 Å². The molecule has 0 spiro atoms. The third-order valence-corrected chi connectivity index (χ3v) is 10.2. The lowest BCUT2D eigenvalue weighted by Crippen LogP contribution is -2.28. The molecule has 18 heteroatoms. The first-order chi connectivity index (χ1) is 31.4. The Hall–Kier alpha value is -8.20. The minimum atomic E-state index is -0.768. The lowest BCUT2D eigenvalue weighted by atomic mass is 9.93. The first kappa shape index (κ1) is 47.3. The molecule has 344 valence electrons. The van der Waals surface area contributed by atoms with Gasteiger partial charge in [-0.15, -0.1) is 0 Å². The van der Waals surface area contributed by atoms with Gasteiger partial charge in [-0.2, -0.15) is 0 Å². The molecule has 0 radical (unpaired) electrons. The standard InChI is InChI=1S/2C24H23NO8/c1-24(2)7-6-15-18(33-24)10-16(25(27)28)21(23(15)31-5)22(26)14-8-13-9-19(29-3)20(30-4)11-17(13)32-12-14;1-24(2)11-10-16-20(33-24)14-17(25(27)28)22(23(16)31-5)18(26)7-6-12-32-15-8-9-19(29-3)21(13-15)30-4/h6-11H,12H2,1-5H3;8-11,13-14H,12H2,1-5H3. The molecule has 0 bridgehead atoms. The van der Waals surface area contributed by atoms with Gasteiger partial charge in [-0.1, -0.05) is 5.92 Å². The van der Waals surface area contributed by atoms with Crippen LogP contribution in [0.25, 0.3) is 18.2 Å². The second-order valence-corrected chi connectivity index (χ2v) is 15.5. The summed E-state index contributed by atoms with van der Waals surface area (Å²) in [5.41, 5.74) is -0.828. The average molecular weight is 907 g/mol. The summed E-state index contributed by atoms with van der Waals surface area (Å²) in [5, 5.41) is 23.6. The van der Waals surface area contributed by atoms with Crippen LogP contribution in [0.3, 0.4) is 0 Å². The molecule has 66 heavy (non-hydrogen) atoms. The summed E-state index contributed by atoms with van der Waals surface area (Å²) >= 11 is 0. The van der Waals surface area contributed by atoms with Crippen LogP contribution in [-0.2, 0) is 0 Å². The number of methoxy groups -OCH3 is 6. The number of ether oxygens (including phenoxy) is 10. The summed E-state index contributed by atoms with van der Waals surface area (Å²) in [7, 11) is 8.73. The van der Waals surface area contributed by atoms with Gasteiger partial charge in [0.05, 0.1) is 75.8 Å². The minimum Gasteiger partial charge on any atom is -0.495 e. The Labute approximate surface area is 379 Å². The number of fused-ring (bicyclic) bond motifs is 3. The Morgan fingerprint density at radius 1 is 0.667 bits per heavy atom. The highest BCUT2D eigenvalue weighted by Gasteiger charge is 2.36. The molecule has 0 aromatic heterocycles. The Bertz CT molecular complexity index is 2790. The maximum absolute atomic E-state index is 13.6. The molecule has 3 aliphatic heterocycles. The first-order valence-corrected chi connectivity index (χ1v) is 20.0. The molecule has 4 aromatic rings. The van der Waals surface area contributed by atoms with Gasteiger partial charge in [0.15, 0.2) is 28.6 Å². The highest BCUT2D eigenvalue weighted by molar-refractivity contribution is 6.17. The monoisotopic (exact) mass is 906 g/mol. The van der Waals surface area contributed by atoms with Crippen molar-refractivity contribution in [1.82, 2.24) is 0 Å². The van der Waals surface area contributed by atoms with Crippen molar-refractivity contribution in [3.8, 4) is 69.3 Å². The number of nitrogens with zero attached hydrogens (tertiary/aromatic N) is 2. The van der Waals surface area contributed by atoms with Gasteiger partial charge in [0.2, 0.25) is 11.6 Å². The number of carbonyl (C=O) groups excluding carboxylic acids is 2. The van der Waals surface area contributed by atoms with E-state index in [-0.39, 0.29) is 52.9 Å². The summed E-state index contributed by atoms with van der Waals surface area (Å²) in [6.45, 7) is 7.09. The van der Waals surface area contributed by atoms with Gasteiger partial charge in [0.1, 0.15) is 64.5 Å². The van der Waals surface area contributed by atoms with Crippen LogP contribution in [0.1, 0.15) is 65.1 Å². The number of ketones is 2. The van der Waals surface area contributed by atoms with Crippen molar-refractivity contribution in [1.29, 1.82) is 0 Å². The van der Waals surface area contributed by atoms with Crippen LogP contribution < -0.4 is 47.4 Å². The number of Topliss-reactive ketones (excluding diaryl/α,β-unsaturated/α-hetero) is 2. The number of hydrogen-bond acceptors (Lipinski definition) is 16. The number of hydrogen-bond donors (Lipinski definition) is 0. The lowest BCUT2D eigenvalue weighted by Gasteiger charge is -2.29. The SMILES string of the molecule is COc1cc2c(cc1OC)OCC(C(=O)c1c([N+](=O)[O-])cc3c(c1OC)C=CC(C)(C)O3)=C2.COc1ccc(OCC#CC(=O)c2c([N+](=O)[O-])cc3c(c2OC)C=CC(C)(C)O3)cc1OC. The lowest BCUT2D eigenvalue weighted by molar-refractivity contribution is -0.385. The smallest absolute Gasteiger partial charge is 0.288 e. The highest BCUT2D eigenvalue weighted by Crippen LogP contribution is 2.47. The molecule has 0 aliphatic carbocycles. The van der Waals surface area contributed by atoms with Gasteiger partial charge in [0, 0.05) is 23.3 Å². The van der Waals surface area contributed by atoms with Crippen molar-refractivity contribution in [2.24, 2.45) is 0 Å². The van der Waals surface area contributed by atoms with Crippen LogP contribution in [0.5, 0.6) is 57.5 Å². The third kappa shape index (κ3) is 9.79. The zero-order valence-electron chi connectivity index (χ0n) is 37.8. The van der Waals surface area contributed by atoms with Gasteiger partial charge in [0.25, 0.3) is 11.4 Å². The van der Waals surface area contributed by atoms with E-state index >= 15 is 0 Å². The van der Waals surface area contributed by atoms with E-state index < -0.39 is 44.0 Å². The van der Waals surface area contributed by atoms with E-state index in [2.05, 4.69) is 11.8 Å². The van der Waals surface area contributed by atoms with Crippen LogP contribution in [0, 0.1) is 32.1 Å². The van der Waals surface area contributed by atoms with E-state index in [0.717, 1.165) is 0 Å². The molecule has 0 amide bonds. The predicted molar refractivity (Wildman–Crippen MR) is 241 cm³/mol. The molecular weight excluding hydrogens is 861 g/mol. The maximum atomic E-state index is 13.6. The molecule has 0 unspecified atom stereocenters. The Balaban J connectivity index is 0.000000218. The second kappa shape index (κ2) is 19.3. The maximum Gasteiger partial charge on any atom is 0.288 e. The molecule has 7 rings (SSSR count). The largest absolute Gasteiger partial charge is 0.495 e. The van der Waals surface area contributed by atoms with Crippen molar-refractivity contribution in [3.05, 3.63) is 108 Å². The van der Waals surface area contributed by atoms with Gasteiger partial charge in [-0.05, 0) is 82.2 Å². The number of nitro groups is 2. The molecule has 3 heterocycles. The summed E-state index contributed by atoms with van der Waals surface area (Å²) in [6.07, 6.45) is 8.67. The number of benzene rings is 4. The topological polar surface area (TPSA) is 213 Å². The number of rotatable bonds is 13. The van der Waals surface area contributed by atoms with Crippen molar-refractivity contribution in [2.45, 2.75) is 38.9 Å². The molecule has 0 saturated heterocycles. The minimum absolute atomic E-state index is 0.0334. The van der Waals surface area contributed by atoms with Crippen molar-refractivity contribution >= 4 is 41.2 Å². The fourth-order valence-electron chi connectivity index (χ4n) is 7.11. The van der Waals surface area contributed by atoms with Crippen LogP contribution in [0.2, 0.25) is 0 Å². The summed E-state index contributed by atoms with van der Waals surface area (Å²) < 4.78 is 54.8. The fraction of sp³-hybridized carbons (Fsp3) is 0.292. The third-order valence-electron chi connectivity index (χ3n) is 10.2. The molecule has 0 N–H and O–H groups in total. The first-order valence-electron chi connectivity index (χ1n) is 20.0. The Kier molecular flexibility index (Phi) is 13.8. The molecular formula is C48H46N2O16. The normalized spacial score (nSPS) is 14.1. The van der Waals surface area contributed by atoms with Gasteiger partial charge >= 0.3 is 0 Å². The van der Waals surface area contributed by atoms with Crippen LogP contribution in [-0.4, -0.2) is 88.5 Å². The summed E-state index contributed by atoms with van der Waals surface area (Å²) in [5.74, 6) is 7.23. The second-order valence-electron chi connectivity index (χ2n) is 15.5. The Morgan fingerprint density at radius 3 is 1.71 bits per heavy atom. The number of nitro benzene ring substituents is 2. The highest BCUT2D eigenvalue weighted by atomic mass is 16.6. The Morgan fingerprint density at radius 2 is 1.18 bits per heavy atom. The molecule has 0 atom stereocenters. The number of carbonyl (C=O) groups is 2. The summed E-state index contributed by atoms with van der Waals surface area (Å²) in [4.78, 5) is 48.7. The van der Waals surface area contributed by atoms with Gasteiger partial charge in [-0.25, -0.2) is 0 Å². The predicted octanol–water partition coefficient (Wildman–Crippen LogP) is 8.53. The summed E-state index contributed by atoms with van der Waals surface area (Å²) in [6, 6.07) is 10.8. The average Bonchev–Trinajstić information content (AvgIpc) is 3.29. The molecule has 3 aliphatic rings. The van der Waals surface area contributed by atoms with E-state index in [9.17, 15) is 29.8 Å². The molecule has 0 saturated carbocycles. The van der Waals surface area contributed by atoms with Crippen LogP contribution in [0.4, 0.5) is 11.4 Å². The van der Waals surface area contributed by atoms with Crippen molar-refractivity contribution in [3.63, 3.8) is 0 Å². The van der Waals surface area contributed by atoms with E-state index in [1.165, 1.54) is 54.8 Å². The molecule has 4 aromatic carbocycles. The van der Waals surface area contributed by atoms with Crippen molar-refractivity contribution in [2.75, 3.05) is 55.9 Å². The molecule has 0 fully saturated rings. The van der Waals surface area contributed by atoms with Crippen molar-refractivity contribution < 1.29 is 66.8 Å². The van der Waals surface area contributed by atoms with E-state index in [4.69, 9.17) is 47.4 Å². The quantitative estimate of drug-likeness (QED) is 0.0404. The fourth-order valence-corrected chi connectivity index (χ4v) is 7.11. The zero-order chi connectivity index (χ0) is 48.1. The van der Waals surface area contributed by atoms with E-state index in [1.54, 1.807) is 60.7 Å². The van der Waals surface area contributed by atoms with Gasteiger partial charge in [-0.3, -0.25) is 29.8 Å². The molecule has 18 nitrogen and oxygen atoms in total. The van der Waals surface area contributed by atoms with Crippen LogP contribution >= 0.6 is 0 Å².